The highest BCUT2D eigenvalue weighted by Gasteiger charge is 2.04. The molecule has 1 heterocycles. The van der Waals surface area contributed by atoms with Crippen LogP contribution in [0.3, 0.4) is 0 Å². The Morgan fingerprint density at radius 1 is 1.30 bits per heavy atom. The van der Waals surface area contributed by atoms with Gasteiger partial charge in [0.2, 0.25) is 0 Å². The summed E-state index contributed by atoms with van der Waals surface area (Å²) in [7, 11) is 0. The van der Waals surface area contributed by atoms with Gasteiger partial charge in [-0.25, -0.2) is 4.98 Å². The third kappa shape index (κ3) is 4.51. The maximum Gasteiger partial charge on any atom is 0.129 e. The van der Waals surface area contributed by atoms with Crippen molar-refractivity contribution in [3.05, 3.63) is 54.6 Å². The predicted octanol–water partition coefficient (Wildman–Crippen LogP) is 2.04. The molecule has 0 radical (unpaired) electrons. The molecule has 0 saturated carbocycles. The zero-order chi connectivity index (χ0) is 14.0. The van der Waals surface area contributed by atoms with Crippen LogP contribution < -0.4 is 5.73 Å². The molecule has 0 unspecified atom stereocenters. The first-order chi connectivity index (χ1) is 9.90. The van der Waals surface area contributed by atoms with Crippen LogP contribution in [-0.4, -0.2) is 28.4 Å². The molecule has 0 bridgehead atoms. The van der Waals surface area contributed by atoms with Crippen molar-refractivity contribution in [1.82, 2.24) is 9.55 Å². The number of nitrogens with two attached hydrogens (primary N) is 1. The molecule has 2 rings (SSSR count). The summed E-state index contributed by atoms with van der Waals surface area (Å²) in [5, 5.41) is 4.21. The van der Waals surface area contributed by atoms with Crippen LogP contribution in [0.1, 0.15) is 18.4 Å². The van der Waals surface area contributed by atoms with Crippen molar-refractivity contribution in [2.75, 3.05) is 13.2 Å². The minimum Gasteiger partial charge on any atom is -0.394 e. The molecule has 2 aromatic rings. The van der Waals surface area contributed by atoms with Gasteiger partial charge in [0, 0.05) is 25.5 Å². The zero-order valence-electron chi connectivity index (χ0n) is 11.5. The zero-order valence-corrected chi connectivity index (χ0v) is 11.5. The second-order valence-electron chi connectivity index (χ2n) is 4.43. The van der Waals surface area contributed by atoms with Gasteiger partial charge in [0.25, 0.3) is 0 Å². The summed E-state index contributed by atoms with van der Waals surface area (Å²) >= 11 is 0. The van der Waals surface area contributed by atoms with Crippen LogP contribution in [0.2, 0.25) is 0 Å². The van der Waals surface area contributed by atoms with Crippen molar-refractivity contribution < 1.29 is 4.84 Å². The Bertz CT molecular complexity index is 508. The SMILES string of the molecule is NCCO/N=C(\CCCn1ccnc1)c1ccccc1. The molecule has 1 aromatic heterocycles. The number of hydrogen-bond donors (Lipinski definition) is 1. The summed E-state index contributed by atoms with van der Waals surface area (Å²) in [6.07, 6.45) is 7.41. The van der Waals surface area contributed by atoms with E-state index in [2.05, 4.69) is 14.7 Å². The quantitative estimate of drug-likeness (QED) is 0.454. The topological polar surface area (TPSA) is 65.4 Å². The van der Waals surface area contributed by atoms with Crippen LogP contribution in [0.4, 0.5) is 0 Å². The van der Waals surface area contributed by atoms with Crippen molar-refractivity contribution in [3.63, 3.8) is 0 Å². The summed E-state index contributed by atoms with van der Waals surface area (Å²) in [5.74, 6) is 0. The van der Waals surface area contributed by atoms with E-state index in [1.165, 1.54) is 0 Å². The van der Waals surface area contributed by atoms with Gasteiger partial charge < -0.3 is 15.1 Å². The number of nitrogens with zero attached hydrogens (tertiary/aromatic N) is 3. The van der Waals surface area contributed by atoms with Gasteiger partial charge in [0.15, 0.2) is 0 Å². The van der Waals surface area contributed by atoms with Crippen LogP contribution in [0.25, 0.3) is 0 Å². The van der Waals surface area contributed by atoms with Gasteiger partial charge in [0.05, 0.1) is 12.0 Å². The highest BCUT2D eigenvalue weighted by Crippen LogP contribution is 2.08. The molecule has 0 saturated heterocycles. The lowest BCUT2D eigenvalue weighted by Gasteiger charge is -2.07. The molecular formula is C15H20N4O. The van der Waals surface area contributed by atoms with Gasteiger partial charge in [-0.3, -0.25) is 0 Å². The molecule has 0 amide bonds. The molecule has 0 aliphatic rings. The number of rotatable bonds is 8. The molecule has 5 heteroatoms. The summed E-state index contributed by atoms with van der Waals surface area (Å²) in [6.45, 7) is 1.83. The van der Waals surface area contributed by atoms with Crippen LogP contribution in [0.5, 0.6) is 0 Å². The summed E-state index contributed by atoms with van der Waals surface area (Å²) < 4.78 is 2.06. The third-order valence-electron chi connectivity index (χ3n) is 2.88. The van der Waals surface area contributed by atoms with Gasteiger partial charge in [-0.1, -0.05) is 35.5 Å². The molecular weight excluding hydrogens is 252 g/mol. The van der Waals surface area contributed by atoms with E-state index in [0.717, 1.165) is 30.7 Å². The van der Waals surface area contributed by atoms with E-state index in [1.807, 2.05) is 42.9 Å². The molecule has 0 aliphatic carbocycles. The molecule has 106 valence electrons. The van der Waals surface area contributed by atoms with Crippen molar-refractivity contribution >= 4 is 5.71 Å². The highest BCUT2D eigenvalue weighted by atomic mass is 16.6. The van der Waals surface area contributed by atoms with E-state index in [4.69, 9.17) is 10.6 Å². The van der Waals surface area contributed by atoms with E-state index in [9.17, 15) is 0 Å². The smallest absolute Gasteiger partial charge is 0.129 e. The lowest BCUT2D eigenvalue weighted by molar-refractivity contribution is 0.151. The minimum absolute atomic E-state index is 0.442. The molecule has 20 heavy (non-hydrogen) atoms. The highest BCUT2D eigenvalue weighted by molar-refractivity contribution is 6.00. The number of hydrogen-bond acceptors (Lipinski definition) is 4. The fourth-order valence-electron chi connectivity index (χ4n) is 1.90. The fraction of sp³-hybridized carbons (Fsp3) is 0.333. The Kier molecular flexibility index (Phi) is 5.79. The van der Waals surface area contributed by atoms with Crippen LogP contribution in [0, 0.1) is 0 Å². The normalized spacial score (nSPS) is 11.6. The van der Waals surface area contributed by atoms with Gasteiger partial charge in [-0.05, 0) is 18.4 Å². The van der Waals surface area contributed by atoms with Gasteiger partial charge >= 0.3 is 0 Å². The lowest BCUT2D eigenvalue weighted by Crippen LogP contribution is -2.09. The Balaban J connectivity index is 1.94. The Hall–Kier alpha value is -2.14. The van der Waals surface area contributed by atoms with E-state index in [-0.39, 0.29) is 0 Å². The predicted molar refractivity (Wildman–Crippen MR) is 79.4 cm³/mol. The minimum atomic E-state index is 0.442. The number of aryl methyl sites for hydroxylation is 1. The second-order valence-corrected chi connectivity index (χ2v) is 4.43. The molecule has 5 nitrogen and oxygen atoms in total. The first-order valence-corrected chi connectivity index (χ1v) is 6.80. The average Bonchev–Trinajstić information content (AvgIpc) is 3.00. The van der Waals surface area contributed by atoms with Crippen LogP contribution in [-0.2, 0) is 11.4 Å². The van der Waals surface area contributed by atoms with E-state index < -0.39 is 0 Å². The second kappa shape index (κ2) is 8.12. The third-order valence-corrected chi connectivity index (χ3v) is 2.88. The molecule has 0 atom stereocenters. The molecule has 1 aromatic carbocycles. The van der Waals surface area contributed by atoms with Crippen LogP contribution in [0.15, 0.2) is 54.2 Å². The van der Waals surface area contributed by atoms with Crippen molar-refractivity contribution in [1.29, 1.82) is 0 Å². The molecule has 0 aliphatic heterocycles. The lowest BCUT2D eigenvalue weighted by atomic mass is 10.1. The summed E-state index contributed by atoms with van der Waals surface area (Å²) in [6, 6.07) is 10.1. The molecule has 2 N–H and O–H groups in total. The number of aromatic nitrogens is 2. The Labute approximate surface area is 119 Å². The standard InChI is InChI=1S/C15H20N4O/c16-8-12-20-18-15(14-5-2-1-3-6-14)7-4-10-19-11-9-17-13-19/h1-3,5-6,9,11,13H,4,7-8,10,12,16H2/b18-15+. The largest absolute Gasteiger partial charge is 0.394 e. The fourth-order valence-corrected chi connectivity index (χ4v) is 1.90. The van der Waals surface area contributed by atoms with Gasteiger partial charge in [-0.2, -0.15) is 0 Å². The van der Waals surface area contributed by atoms with Gasteiger partial charge in [0.1, 0.15) is 6.61 Å². The maximum atomic E-state index is 5.41. The summed E-state index contributed by atoms with van der Waals surface area (Å²) in [4.78, 5) is 9.26. The number of benzene rings is 1. The summed E-state index contributed by atoms with van der Waals surface area (Å²) in [5.41, 5.74) is 7.46. The molecule has 0 fully saturated rings. The van der Waals surface area contributed by atoms with E-state index in [1.54, 1.807) is 6.20 Å². The van der Waals surface area contributed by atoms with E-state index in [0.29, 0.717) is 13.2 Å². The number of oxime groups is 1. The Morgan fingerprint density at radius 3 is 2.85 bits per heavy atom. The number of imidazole rings is 1. The maximum absolute atomic E-state index is 5.41. The van der Waals surface area contributed by atoms with Crippen molar-refractivity contribution in [2.45, 2.75) is 19.4 Å². The molecule has 0 spiro atoms. The first kappa shape index (κ1) is 14.3. The van der Waals surface area contributed by atoms with Crippen molar-refractivity contribution in [2.24, 2.45) is 10.9 Å². The van der Waals surface area contributed by atoms with Crippen LogP contribution >= 0.6 is 0 Å². The average molecular weight is 272 g/mol. The van der Waals surface area contributed by atoms with E-state index >= 15 is 0 Å². The van der Waals surface area contributed by atoms with Crippen molar-refractivity contribution in [3.8, 4) is 0 Å². The first-order valence-electron chi connectivity index (χ1n) is 6.80. The monoisotopic (exact) mass is 272 g/mol. The Morgan fingerprint density at radius 2 is 2.15 bits per heavy atom. The van der Waals surface area contributed by atoms with Gasteiger partial charge in [-0.15, -0.1) is 0 Å².